The van der Waals surface area contributed by atoms with E-state index in [-0.39, 0.29) is 5.41 Å². The van der Waals surface area contributed by atoms with E-state index in [0.29, 0.717) is 0 Å². The lowest BCUT2D eigenvalue weighted by molar-refractivity contribution is 0.0793. The summed E-state index contributed by atoms with van der Waals surface area (Å²) in [5.74, 6) is 0. The molecule has 1 aliphatic rings. The maximum Gasteiger partial charge on any atom is 0.0559 e. The number of nitrogens with two attached hydrogens (primary N) is 1. The van der Waals surface area contributed by atoms with Crippen LogP contribution in [0.2, 0.25) is 0 Å². The van der Waals surface area contributed by atoms with Crippen LogP contribution >= 0.6 is 0 Å². The lowest BCUT2D eigenvalue weighted by atomic mass is 9.65. The minimum absolute atomic E-state index is 0.254. The lowest BCUT2D eigenvalue weighted by Crippen LogP contribution is -2.38. The Morgan fingerprint density at radius 2 is 2.21 bits per heavy atom. The molecule has 0 saturated heterocycles. The molecule has 2 heteroatoms. The zero-order valence-corrected chi connectivity index (χ0v) is 8.62. The standard InChI is InChI=1S/C12H17NO/c1-14-9-12(6-3-7-12)10-4-2-5-11(13)8-10/h2,4-5,8H,3,6-7,9,13H2,1H3. The van der Waals surface area contributed by atoms with Crippen molar-refractivity contribution in [3.63, 3.8) is 0 Å². The molecule has 2 rings (SSSR count). The number of rotatable bonds is 3. The number of hydrogen-bond acceptors (Lipinski definition) is 2. The van der Waals surface area contributed by atoms with Gasteiger partial charge in [-0.2, -0.15) is 0 Å². The van der Waals surface area contributed by atoms with Crippen LogP contribution < -0.4 is 5.73 Å². The Hall–Kier alpha value is -1.02. The Labute approximate surface area is 85.1 Å². The fourth-order valence-corrected chi connectivity index (χ4v) is 2.26. The first-order valence-electron chi connectivity index (χ1n) is 5.12. The molecule has 1 aromatic carbocycles. The Morgan fingerprint density at radius 3 is 2.71 bits per heavy atom. The number of methoxy groups -OCH3 is 1. The highest BCUT2D eigenvalue weighted by atomic mass is 16.5. The van der Waals surface area contributed by atoms with Crippen molar-refractivity contribution in [1.82, 2.24) is 0 Å². The first kappa shape index (κ1) is 9.53. The van der Waals surface area contributed by atoms with Gasteiger partial charge in [0.1, 0.15) is 0 Å². The molecule has 14 heavy (non-hydrogen) atoms. The summed E-state index contributed by atoms with van der Waals surface area (Å²) in [7, 11) is 1.77. The van der Waals surface area contributed by atoms with Crippen molar-refractivity contribution in [1.29, 1.82) is 0 Å². The molecule has 2 N–H and O–H groups in total. The van der Waals surface area contributed by atoms with Gasteiger partial charge in [-0.15, -0.1) is 0 Å². The molecular weight excluding hydrogens is 174 g/mol. The van der Waals surface area contributed by atoms with Crippen molar-refractivity contribution in [3.8, 4) is 0 Å². The van der Waals surface area contributed by atoms with Gasteiger partial charge in [0, 0.05) is 18.2 Å². The van der Waals surface area contributed by atoms with Gasteiger partial charge in [0.2, 0.25) is 0 Å². The molecule has 0 heterocycles. The molecule has 1 aromatic rings. The third kappa shape index (κ3) is 1.50. The highest BCUT2D eigenvalue weighted by Gasteiger charge is 2.38. The van der Waals surface area contributed by atoms with Crippen molar-refractivity contribution in [2.24, 2.45) is 0 Å². The smallest absolute Gasteiger partial charge is 0.0559 e. The predicted octanol–water partition coefficient (Wildman–Crippen LogP) is 2.34. The van der Waals surface area contributed by atoms with E-state index < -0.39 is 0 Å². The Bertz CT molecular complexity index is 318. The van der Waals surface area contributed by atoms with Crippen LogP contribution in [0.25, 0.3) is 0 Å². The van der Waals surface area contributed by atoms with Crippen LogP contribution in [0.1, 0.15) is 24.8 Å². The molecule has 0 atom stereocenters. The van der Waals surface area contributed by atoms with E-state index in [1.54, 1.807) is 7.11 Å². The van der Waals surface area contributed by atoms with E-state index in [4.69, 9.17) is 10.5 Å². The molecule has 0 radical (unpaired) electrons. The van der Waals surface area contributed by atoms with Crippen molar-refractivity contribution in [2.45, 2.75) is 24.7 Å². The molecule has 0 spiro atoms. The average Bonchev–Trinajstić information content (AvgIpc) is 2.11. The molecule has 0 aliphatic heterocycles. The summed E-state index contributed by atoms with van der Waals surface area (Å²) in [5.41, 5.74) is 8.23. The molecule has 0 aromatic heterocycles. The van der Waals surface area contributed by atoms with Gasteiger partial charge in [0.05, 0.1) is 6.61 Å². The van der Waals surface area contributed by atoms with Gasteiger partial charge in [0.15, 0.2) is 0 Å². The summed E-state index contributed by atoms with van der Waals surface area (Å²) in [6.45, 7) is 0.816. The monoisotopic (exact) mass is 191 g/mol. The van der Waals surface area contributed by atoms with Crippen molar-refractivity contribution in [2.75, 3.05) is 19.5 Å². The van der Waals surface area contributed by atoms with Gasteiger partial charge in [-0.1, -0.05) is 18.6 Å². The largest absolute Gasteiger partial charge is 0.399 e. The summed E-state index contributed by atoms with van der Waals surface area (Å²) in [6, 6.07) is 8.20. The second-order valence-corrected chi connectivity index (χ2v) is 4.19. The van der Waals surface area contributed by atoms with Gasteiger partial charge in [-0.3, -0.25) is 0 Å². The Morgan fingerprint density at radius 1 is 1.43 bits per heavy atom. The van der Waals surface area contributed by atoms with Crippen LogP contribution in [-0.2, 0) is 10.2 Å². The van der Waals surface area contributed by atoms with Gasteiger partial charge < -0.3 is 10.5 Å². The summed E-state index contributed by atoms with van der Waals surface area (Å²) in [6.07, 6.45) is 3.76. The van der Waals surface area contributed by atoms with E-state index in [1.807, 2.05) is 12.1 Å². The van der Waals surface area contributed by atoms with Crippen LogP contribution in [0.3, 0.4) is 0 Å². The van der Waals surface area contributed by atoms with Crippen LogP contribution in [0, 0.1) is 0 Å². The maximum absolute atomic E-state index is 5.79. The number of ether oxygens (including phenoxy) is 1. The fourth-order valence-electron chi connectivity index (χ4n) is 2.26. The fraction of sp³-hybridized carbons (Fsp3) is 0.500. The molecule has 0 bridgehead atoms. The maximum atomic E-state index is 5.79. The number of hydrogen-bond donors (Lipinski definition) is 1. The quantitative estimate of drug-likeness (QED) is 0.744. The minimum Gasteiger partial charge on any atom is -0.399 e. The van der Waals surface area contributed by atoms with E-state index in [2.05, 4.69) is 12.1 Å². The zero-order valence-electron chi connectivity index (χ0n) is 8.62. The summed E-state index contributed by atoms with van der Waals surface area (Å²) >= 11 is 0. The SMILES string of the molecule is COCC1(c2cccc(N)c2)CCC1. The van der Waals surface area contributed by atoms with Gasteiger partial charge >= 0.3 is 0 Å². The highest BCUT2D eigenvalue weighted by Crippen LogP contribution is 2.44. The van der Waals surface area contributed by atoms with Crippen LogP contribution in [0.4, 0.5) is 5.69 Å². The van der Waals surface area contributed by atoms with Gasteiger partial charge in [0.25, 0.3) is 0 Å². The first-order valence-corrected chi connectivity index (χ1v) is 5.12. The third-order valence-electron chi connectivity index (χ3n) is 3.23. The molecular formula is C12H17NO. The van der Waals surface area contributed by atoms with E-state index in [1.165, 1.54) is 24.8 Å². The van der Waals surface area contributed by atoms with Crippen LogP contribution in [0.5, 0.6) is 0 Å². The molecule has 2 nitrogen and oxygen atoms in total. The summed E-state index contributed by atoms with van der Waals surface area (Å²) in [4.78, 5) is 0. The summed E-state index contributed by atoms with van der Waals surface area (Å²) in [5, 5.41) is 0. The second-order valence-electron chi connectivity index (χ2n) is 4.19. The first-order chi connectivity index (χ1) is 6.77. The van der Waals surface area contributed by atoms with Crippen LogP contribution in [-0.4, -0.2) is 13.7 Å². The van der Waals surface area contributed by atoms with Gasteiger partial charge in [-0.05, 0) is 30.5 Å². The second kappa shape index (κ2) is 3.62. The third-order valence-corrected chi connectivity index (χ3v) is 3.23. The molecule has 1 fully saturated rings. The minimum atomic E-state index is 0.254. The van der Waals surface area contributed by atoms with Crippen molar-refractivity contribution < 1.29 is 4.74 Å². The van der Waals surface area contributed by atoms with E-state index in [9.17, 15) is 0 Å². The molecule has 76 valence electrons. The Kier molecular flexibility index (Phi) is 2.46. The van der Waals surface area contributed by atoms with E-state index >= 15 is 0 Å². The lowest BCUT2D eigenvalue weighted by Gasteiger charge is -2.42. The summed E-state index contributed by atoms with van der Waals surface area (Å²) < 4.78 is 5.30. The molecule has 0 amide bonds. The van der Waals surface area contributed by atoms with Gasteiger partial charge in [-0.25, -0.2) is 0 Å². The molecule has 1 aliphatic carbocycles. The number of anilines is 1. The molecule has 1 saturated carbocycles. The molecule has 0 unspecified atom stereocenters. The van der Waals surface area contributed by atoms with Crippen LogP contribution in [0.15, 0.2) is 24.3 Å². The van der Waals surface area contributed by atoms with Crippen molar-refractivity contribution >= 4 is 5.69 Å². The topological polar surface area (TPSA) is 35.2 Å². The zero-order chi connectivity index (χ0) is 10.0. The number of nitrogen functional groups attached to an aromatic ring is 1. The average molecular weight is 191 g/mol. The normalized spacial score (nSPS) is 18.9. The van der Waals surface area contributed by atoms with Crippen molar-refractivity contribution in [3.05, 3.63) is 29.8 Å². The number of benzene rings is 1. The highest BCUT2D eigenvalue weighted by molar-refractivity contribution is 5.44. The van der Waals surface area contributed by atoms with E-state index in [0.717, 1.165) is 12.3 Å². The predicted molar refractivity (Wildman–Crippen MR) is 58.3 cm³/mol. The Balaban J connectivity index is 2.27.